The van der Waals surface area contributed by atoms with Gasteiger partial charge in [-0.3, -0.25) is 0 Å². The van der Waals surface area contributed by atoms with Crippen molar-refractivity contribution in [2.75, 3.05) is 0 Å². The van der Waals surface area contributed by atoms with Gasteiger partial charge in [0.1, 0.15) is 11.2 Å². The van der Waals surface area contributed by atoms with Gasteiger partial charge in [0.05, 0.1) is 0 Å². The Morgan fingerprint density at radius 2 is 0.935 bits per heavy atom. The van der Waals surface area contributed by atoms with Crippen molar-refractivity contribution in [3.63, 3.8) is 0 Å². The van der Waals surface area contributed by atoms with E-state index in [0.717, 1.165) is 49.8 Å². The fourth-order valence-corrected chi connectivity index (χ4v) is 6.90. The molecule has 218 valence electrons. The van der Waals surface area contributed by atoms with Crippen LogP contribution in [0.3, 0.4) is 0 Å². The molecule has 6 aromatic carbocycles. The van der Waals surface area contributed by atoms with Crippen LogP contribution in [-0.4, -0.2) is 15.0 Å². The summed E-state index contributed by atoms with van der Waals surface area (Å²) >= 11 is 0. The zero-order valence-electron chi connectivity index (χ0n) is 25.5. The van der Waals surface area contributed by atoms with Gasteiger partial charge in [0, 0.05) is 32.9 Å². The summed E-state index contributed by atoms with van der Waals surface area (Å²) in [5.41, 5.74) is 12.2. The molecule has 2 aromatic heterocycles. The van der Waals surface area contributed by atoms with Crippen molar-refractivity contribution < 1.29 is 4.42 Å². The molecule has 0 spiro atoms. The van der Waals surface area contributed by atoms with Gasteiger partial charge in [-0.25, -0.2) is 15.0 Å². The average molecular weight is 592 g/mol. The zero-order chi connectivity index (χ0) is 30.8. The van der Waals surface area contributed by atoms with Gasteiger partial charge in [0.25, 0.3) is 0 Å². The number of hydrogen-bond donors (Lipinski definition) is 0. The van der Waals surface area contributed by atoms with E-state index >= 15 is 0 Å². The third-order valence-corrected chi connectivity index (χ3v) is 9.35. The molecule has 0 fully saturated rings. The summed E-state index contributed by atoms with van der Waals surface area (Å²) < 4.78 is 6.40. The molecule has 9 rings (SSSR count). The van der Waals surface area contributed by atoms with Crippen molar-refractivity contribution in [1.82, 2.24) is 15.0 Å². The van der Waals surface area contributed by atoms with Crippen LogP contribution in [0.25, 0.3) is 78.4 Å². The maximum absolute atomic E-state index is 6.40. The first-order valence-corrected chi connectivity index (χ1v) is 15.6. The molecule has 0 saturated carbocycles. The molecule has 46 heavy (non-hydrogen) atoms. The van der Waals surface area contributed by atoms with Crippen molar-refractivity contribution in [2.24, 2.45) is 0 Å². The van der Waals surface area contributed by atoms with Gasteiger partial charge < -0.3 is 4.42 Å². The maximum Gasteiger partial charge on any atom is 0.164 e. The Kier molecular flexibility index (Phi) is 5.81. The minimum absolute atomic E-state index is 0.0626. The van der Waals surface area contributed by atoms with Crippen LogP contribution in [-0.2, 0) is 5.41 Å². The second-order valence-electron chi connectivity index (χ2n) is 12.5. The van der Waals surface area contributed by atoms with Crippen LogP contribution in [0.4, 0.5) is 0 Å². The van der Waals surface area contributed by atoms with Gasteiger partial charge in [-0.2, -0.15) is 0 Å². The normalized spacial score (nSPS) is 13.2. The van der Waals surface area contributed by atoms with Gasteiger partial charge in [-0.1, -0.05) is 129 Å². The molecule has 2 heterocycles. The van der Waals surface area contributed by atoms with E-state index in [1.165, 1.54) is 22.3 Å². The second-order valence-corrected chi connectivity index (χ2v) is 12.5. The average Bonchev–Trinajstić information content (AvgIpc) is 3.59. The second kappa shape index (κ2) is 10.1. The Morgan fingerprint density at radius 1 is 0.413 bits per heavy atom. The molecule has 4 nitrogen and oxygen atoms in total. The Balaban J connectivity index is 1.11. The molecular formula is C42H29N3O. The molecule has 0 atom stereocenters. The molecule has 0 radical (unpaired) electrons. The Hall–Kier alpha value is -5.87. The smallest absolute Gasteiger partial charge is 0.164 e. The minimum atomic E-state index is -0.0626. The van der Waals surface area contributed by atoms with Crippen LogP contribution >= 0.6 is 0 Å². The molecule has 0 aliphatic heterocycles. The van der Waals surface area contributed by atoms with E-state index in [-0.39, 0.29) is 5.41 Å². The Bertz CT molecular complexity index is 2370. The summed E-state index contributed by atoms with van der Waals surface area (Å²) in [4.78, 5) is 14.6. The van der Waals surface area contributed by atoms with Gasteiger partial charge in [-0.05, 0) is 57.6 Å². The van der Waals surface area contributed by atoms with Gasteiger partial charge >= 0.3 is 0 Å². The van der Waals surface area contributed by atoms with Crippen LogP contribution < -0.4 is 0 Å². The Morgan fingerprint density at radius 3 is 1.59 bits per heavy atom. The lowest BCUT2D eigenvalue weighted by atomic mass is 9.82. The predicted octanol–water partition coefficient (Wildman–Crippen LogP) is 10.7. The van der Waals surface area contributed by atoms with E-state index < -0.39 is 0 Å². The van der Waals surface area contributed by atoms with Crippen LogP contribution in [0.5, 0.6) is 0 Å². The lowest BCUT2D eigenvalue weighted by molar-refractivity contribution is 0.658. The first kappa shape index (κ1) is 26.5. The molecule has 0 bridgehead atoms. The first-order chi connectivity index (χ1) is 22.5. The highest BCUT2D eigenvalue weighted by Gasteiger charge is 2.36. The number of benzene rings is 6. The molecule has 1 aliphatic rings. The van der Waals surface area contributed by atoms with Gasteiger partial charge in [0.2, 0.25) is 0 Å². The molecule has 0 amide bonds. The van der Waals surface area contributed by atoms with Gasteiger partial charge in [0.15, 0.2) is 17.5 Å². The highest BCUT2D eigenvalue weighted by molar-refractivity contribution is 6.08. The summed E-state index contributed by atoms with van der Waals surface area (Å²) in [6.45, 7) is 4.63. The van der Waals surface area contributed by atoms with Crippen LogP contribution in [0.15, 0.2) is 144 Å². The fraction of sp³-hybridized carbons (Fsp3) is 0.0714. The van der Waals surface area contributed by atoms with E-state index in [0.29, 0.717) is 17.5 Å². The van der Waals surface area contributed by atoms with Crippen molar-refractivity contribution in [2.45, 2.75) is 19.3 Å². The predicted molar refractivity (Wildman–Crippen MR) is 186 cm³/mol. The van der Waals surface area contributed by atoms with Crippen molar-refractivity contribution in [1.29, 1.82) is 0 Å². The molecule has 0 unspecified atom stereocenters. The summed E-state index contributed by atoms with van der Waals surface area (Å²) in [6.07, 6.45) is 0. The lowest BCUT2D eigenvalue weighted by Gasteiger charge is -2.21. The van der Waals surface area contributed by atoms with E-state index in [2.05, 4.69) is 92.7 Å². The van der Waals surface area contributed by atoms with Crippen molar-refractivity contribution in [3.05, 3.63) is 151 Å². The van der Waals surface area contributed by atoms with E-state index in [9.17, 15) is 0 Å². The topological polar surface area (TPSA) is 51.8 Å². The Labute approximate surface area is 267 Å². The monoisotopic (exact) mass is 591 g/mol. The number of furan rings is 1. The third-order valence-electron chi connectivity index (χ3n) is 9.35. The number of rotatable bonds is 4. The standard InChI is InChI=1S/C42H29N3O/c1-42(2)35-16-10-9-15-31(35)32-25-38-34(24-36(32)42)33-23-30(21-22-37(33)46-38)26-17-19-29(20-18-26)41-44-39(27-11-5-3-6-12-27)43-40(45-41)28-13-7-4-8-14-28/h3-25H,1-2H3. The molecule has 1 aliphatic carbocycles. The largest absolute Gasteiger partial charge is 0.456 e. The quantitative estimate of drug-likeness (QED) is 0.204. The van der Waals surface area contributed by atoms with Crippen LogP contribution in [0.2, 0.25) is 0 Å². The van der Waals surface area contributed by atoms with Crippen molar-refractivity contribution >= 4 is 21.9 Å². The van der Waals surface area contributed by atoms with Gasteiger partial charge in [-0.15, -0.1) is 0 Å². The molecular weight excluding hydrogens is 562 g/mol. The van der Waals surface area contributed by atoms with E-state index in [1.807, 2.05) is 60.7 Å². The summed E-state index contributed by atoms with van der Waals surface area (Å²) in [6, 6.07) is 48.4. The first-order valence-electron chi connectivity index (χ1n) is 15.6. The van der Waals surface area contributed by atoms with Crippen LogP contribution in [0, 0.1) is 0 Å². The SMILES string of the molecule is CC1(C)c2ccccc2-c2cc3oc4ccc(-c5ccc(-c6nc(-c7ccccc7)nc(-c7ccccc7)n6)cc5)cc4c3cc21. The number of nitrogens with zero attached hydrogens (tertiary/aromatic N) is 3. The molecule has 0 N–H and O–H groups in total. The number of fused-ring (bicyclic) bond motifs is 6. The summed E-state index contributed by atoms with van der Waals surface area (Å²) in [5.74, 6) is 1.96. The van der Waals surface area contributed by atoms with E-state index in [1.54, 1.807) is 0 Å². The van der Waals surface area contributed by atoms with E-state index in [4.69, 9.17) is 19.4 Å². The maximum atomic E-state index is 6.40. The van der Waals surface area contributed by atoms with Crippen molar-refractivity contribution in [3.8, 4) is 56.4 Å². The molecule has 8 aromatic rings. The minimum Gasteiger partial charge on any atom is -0.456 e. The number of aromatic nitrogens is 3. The fourth-order valence-electron chi connectivity index (χ4n) is 6.90. The number of hydrogen-bond acceptors (Lipinski definition) is 4. The van der Waals surface area contributed by atoms with Crippen LogP contribution in [0.1, 0.15) is 25.0 Å². The molecule has 4 heteroatoms. The zero-order valence-corrected chi connectivity index (χ0v) is 25.5. The summed E-state index contributed by atoms with van der Waals surface area (Å²) in [5, 5.41) is 2.28. The highest BCUT2D eigenvalue weighted by atomic mass is 16.3. The highest BCUT2D eigenvalue weighted by Crippen LogP contribution is 2.50. The molecule has 0 saturated heterocycles. The third kappa shape index (κ3) is 4.18. The summed E-state index contributed by atoms with van der Waals surface area (Å²) in [7, 11) is 0. The lowest BCUT2D eigenvalue weighted by Crippen LogP contribution is -2.14.